The lowest BCUT2D eigenvalue weighted by Crippen LogP contribution is -2.42. The van der Waals surface area contributed by atoms with Gasteiger partial charge in [-0.25, -0.2) is 0 Å². The van der Waals surface area contributed by atoms with Crippen molar-refractivity contribution in [1.82, 2.24) is 15.2 Å². The second-order valence-electron chi connectivity index (χ2n) is 6.26. The van der Waals surface area contributed by atoms with Crippen molar-refractivity contribution in [3.63, 3.8) is 0 Å². The van der Waals surface area contributed by atoms with Crippen LogP contribution in [0.25, 0.3) is 0 Å². The Morgan fingerprint density at radius 3 is 2.68 bits per heavy atom. The van der Waals surface area contributed by atoms with Crippen molar-refractivity contribution in [2.24, 2.45) is 23.6 Å². The fourth-order valence-electron chi connectivity index (χ4n) is 3.80. The molecule has 19 heavy (non-hydrogen) atoms. The summed E-state index contributed by atoms with van der Waals surface area (Å²) in [5, 5.41) is 4.63. The van der Waals surface area contributed by atoms with E-state index in [2.05, 4.69) is 35.1 Å². The van der Waals surface area contributed by atoms with Gasteiger partial charge in [-0.1, -0.05) is 6.92 Å². The summed E-state index contributed by atoms with van der Waals surface area (Å²) in [6, 6.07) is 2.67. The van der Waals surface area contributed by atoms with Gasteiger partial charge in [-0.2, -0.15) is 5.10 Å². The van der Waals surface area contributed by atoms with Gasteiger partial charge in [0.05, 0.1) is 5.69 Å². The molecule has 0 saturated heterocycles. The summed E-state index contributed by atoms with van der Waals surface area (Å²) in [5.41, 5.74) is 5.60. The van der Waals surface area contributed by atoms with Crippen molar-refractivity contribution < 1.29 is 0 Å². The van der Waals surface area contributed by atoms with E-state index in [0.717, 1.165) is 37.1 Å². The van der Waals surface area contributed by atoms with Gasteiger partial charge in [0.15, 0.2) is 0 Å². The first-order valence-electron chi connectivity index (χ1n) is 7.76. The van der Waals surface area contributed by atoms with E-state index in [4.69, 9.17) is 5.84 Å². The minimum Gasteiger partial charge on any atom is -0.271 e. The Balaban J connectivity index is 1.69. The van der Waals surface area contributed by atoms with Crippen LogP contribution < -0.4 is 11.3 Å². The average molecular weight is 262 g/mol. The maximum Gasteiger partial charge on any atom is 0.0624 e. The molecule has 4 nitrogen and oxygen atoms in total. The molecule has 3 N–H and O–H groups in total. The van der Waals surface area contributed by atoms with Gasteiger partial charge in [-0.15, -0.1) is 0 Å². The highest BCUT2D eigenvalue weighted by Gasteiger charge is 2.47. The highest BCUT2D eigenvalue weighted by molar-refractivity contribution is 5.13. The van der Waals surface area contributed by atoms with Gasteiger partial charge in [-0.3, -0.25) is 16.0 Å². The van der Waals surface area contributed by atoms with Gasteiger partial charge in [0, 0.05) is 24.7 Å². The number of rotatable bonds is 6. The first-order chi connectivity index (χ1) is 9.25. The number of aryl methyl sites for hydroxylation is 2. The molecule has 0 bridgehead atoms. The Morgan fingerprint density at radius 2 is 2.11 bits per heavy atom. The zero-order chi connectivity index (χ0) is 13.4. The van der Waals surface area contributed by atoms with Crippen LogP contribution in [-0.2, 0) is 19.4 Å². The third-order valence-electron chi connectivity index (χ3n) is 5.07. The molecule has 1 aromatic rings. The van der Waals surface area contributed by atoms with Gasteiger partial charge < -0.3 is 0 Å². The van der Waals surface area contributed by atoms with Crippen molar-refractivity contribution in [1.29, 1.82) is 0 Å². The van der Waals surface area contributed by atoms with Crippen LogP contribution in [0.2, 0.25) is 0 Å². The smallest absolute Gasteiger partial charge is 0.0624 e. The largest absolute Gasteiger partial charge is 0.271 e. The standard InChI is InChI=1S/C15H26N4/c1-3-13-8-14(19(4-2)18-13)9-15(17-16)12-6-10-5-11(10)7-12/h8,10-12,15,17H,3-7,9,16H2,1-2H3. The predicted molar refractivity (Wildman–Crippen MR) is 76.4 cm³/mol. The molecule has 2 aliphatic rings. The molecule has 4 heteroatoms. The summed E-state index contributed by atoms with van der Waals surface area (Å²) in [7, 11) is 0. The molecule has 0 aromatic carbocycles. The molecule has 3 atom stereocenters. The van der Waals surface area contributed by atoms with E-state index in [0.29, 0.717) is 6.04 Å². The normalized spacial score (nSPS) is 30.4. The summed E-state index contributed by atoms with van der Waals surface area (Å²) in [5.74, 6) is 8.61. The van der Waals surface area contributed by atoms with Crippen LogP contribution in [0.3, 0.4) is 0 Å². The topological polar surface area (TPSA) is 55.9 Å². The Morgan fingerprint density at radius 1 is 1.37 bits per heavy atom. The summed E-state index contributed by atoms with van der Waals surface area (Å²) in [6.45, 7) is 5.27. The number of nitrogens with one attached hydrogen (secondary N) is 1. The molecule has 2 aliphatic carbocycles. The van der Waals surface area contributed by atoms with Gasteiger partial charge >= 0.3 is 0 Å². The molecule has 106 valence electrons. The van der Waals surface area contributed by atoms with Crippen LogP contribution in [0.15, 0.2) is 6.07 Å². The number of aromatic nitrogens is 2. The number of nitrogens with two attached hydrogens (primary N) is 1. The van der Waals surface area contributed by atoms with E-state index in [-0.39, 0.29) is 0 Å². The number of hydrogen-bond donors (Lipinski definition) is 2. The predicted octanol–water partition coefficient (Wildman–Crippen LogP) is 1.89. The van der Waals surface area contributed by atoms with Crippen LogP contribution in [-0.4, -0.2) is 15.8 Å². The van der Waals surface area contributed by atoms with Gasteiger partial charge in [-0.05, 0) is 56.4 Å². The van der Waals surface area contributed by atoms with Crippen molar-refractivity contribution in [3.8, 4) is 0 Å². The Kier molecular flexibility index (Phi) is 3.63. The van der Waals surface area contributed by atoms with E-state index in [1.165, 1.54) is 30.7 Å². The fourth-order valence-corrected chi connectivity index (χ4v) is 3.80. The van der Waals surface area contributed by atoms with Crippen LogP contribution in [0.5, 0.6) is 0 Å². The molecule has 1 aromatic heterocycles. The van der Waals surface area contributed by atoms with Crippen LogP contribution in [0, 0.1) is 17.8 Å². The Labute approximate surface area is 115 Å². The molecule has 3 rings (SSSR count). The number of hydrazine groups is 1. The SMILES string of the molecule is CCc1cc(CC(NN)C2CC3CC3C2)n(CC)n1. The molecule has 3 unspecified atom stereocenters. The summed E-state index contributed by atoms with van der Waals surface area (Å²) >= 11 is 0. The van der Waals surface area contributed by atoms with Gasteiger partial charge in [0.1, 0.15) is 0 Å². The monoisotopic (exact) mass is 262 g/mol. The molecule has 0 spiro atoms. The molecule has 1 heterocycles. The van der Waals surface area contributed by atoms with Crippen LogP contribution in [0.1, 0.15) is 44.5 Å². The van der Waals surface area contributed by atoms with Crippen LogP contribution in [0.4, 0.5) is 0 Å². The summed E-state index contributed by atoms with van der Waals surface area (Å²) in [6.07, 6.45) is 6.25. The fraction of sp³-hybridized carbons (Fsp3) is 0.800. The molecule has 2 saturated carbocycles. The Bertz CT molecular complexity index is 429. The number of fused-ring (bicyclic) bond motifs is 1. The molecule has 0 radical (unpaired) electrons. The van der Waals surface area contributed by atoms with Crippen LogP contribution >= 0.6 is 0 Å². The van der Waals surface area contributed by atoms with E-state index >= 15 is 0 Å². The molecular weight excluding hydrogens is 236 g/mol. The zero-order valence-electron chi connectivity index (χ0n) is 12.1. The first kappa shape index (κ1) is 13.1. The van der Waals surface area contributed by atoms with E-state index < -0.39 is 0 Å². The minimum atomic E-state index is 0.416. The van der Waals surface area contributed by atoms with E-state index in [1.54, 1.807) is 0 Å². The van der Waals surface area contributed by atoms with Crippen molar-refractivity contribution in [2.45, 2.75) is 58.5 Å². The Hall–Kier alpha value is -0.870. The molecule has 0 amide bonds. The van der Waals surface area contributed by atoms with Crippen molar-refractivity contribution in [2.75, 3.05) is 0 Å². The molecule has 0 aliphatic heterocycles. The summed E-state index contributed by atoms with van der Waals surface area (Å²) in [4.78, 5) is 0. The third-order valence-corrected chi connectivity index (χ3v) is 5.07. The number of nitrogens with zero attached hydrogens (tertiary/aromatic N) is 2. The van der Waals surface area contributed by atoms with E-state index in [9.17, 15) is 0 Å². The second-order valence-corrected chi connectivity index (χ2v) is 6.26. The first-order valence-corrected chi connectivity index (χ1v) is 7.76. The maximum absolute atomic E-state index is 5.81. The summed E-state index contributed by atoms with van der Waals surface area (Å²) < 4.78 is 2.14. The highest BCUT2D eigenvalue weighted by atomic mass is 15.3. The highest BCUT2D eigenvalue weighted by Crippen LogP contribution is 2.55. The zero-order valence-corrected chi connectivity index (χ0v) is 12.1. The quantitative estimate of drug-likeness (QED) is 0.608. The van der Waals surface area contributed by atoms with Gasteiger partial charge in [0.2, 0.25) is 0 Å². The number of hydrogen-bond acceptors (Lipinski definition) is 3. The minimum absolute atomic E-state index is 0.416. The average Bonchev–Trinajstić information content (AvgIpc) is 2.89. The van der Waals surface area contributed by atoms with Gasteiger partial charge in [0.25, 0.3) is 0 Å². The van der Waals surface area contributed by atoms with E-state index in [1.807, 2.05) is 0 Å². The lowest BCUT2D eigenvalue weighted by atomic mass is 9.91. The third kappa shape index (κ3) is 2.56. The molecule has 2 fully saturated rings. The lowest BCUT2D eigenvalue weighted by Gasteiger charge is -2.24. The maximum atomic E-state index is 5.81. The lowest BCUT2D eigenvalue weighted by molar-refractivity contribution is 0.330. The molecular formula is C15H26N4. The van der Waals surface area contributed by atoms with Crippen molar-refractivity contribution >= 4 is 0 Å². The second kappa shape index (κ2) is 5.25. The van der Waals surface area contributed by atoms with Crippen molar-refractivity contribution in [3.05, 3.63) is 17.5 Å².